The van der Waals surface area contributed by atoms with E-state index < -0.39 is 57.3 Å². The second-order valence-corrected chi connectivity index (χ2v) is 16.9. The molecule has 0 radical (unpaired) electrons. The Kier molecular flexibility index (Phi) is 9.92. The van der Waals surface area contributed by atoms with Crippen LogP contribution in [0, 0.1) is 35.0 Å². The molecule has 6 rings (SSSR count). The second-order valence-electron chi connectivity index (χ2n) is 15.5. The van der Waals surface area contributed by atoms with Crippen LogP contribution in [0.15, 0.2) is 25.3 Å². The highest BCUT2D eigenvalue weighted by Crippen LogP contribution is 2.65. The molecule has 4 bridgehead atoms. The first-order valence-corrected chi connectivity index (χ1v) is 17.5. The topological polar surface area (TPSA) is 137 Å². The lowest BCUT2D eigenvalue weighted by molar-refractivity contribution is -0.144. The van der Waals surface area contributed by atoms with Gasteiger partial charge < -0.3 is 26.2 Å². The molecule has 2 unspecified atom stereocenters. The Balaban J connectivity index is 1.30. The van der Waals surface area contributed by atoms with Crippen molar-refractivity contribution < 1.29 is 24.0 Å². The van der Waals surface area contributed by atoms with Gasteiger partial charge in [-0.25, -0.2) is 4.79 Å². The molecule has 6 aliphatic rings. The maximum atomic E-state index is 14.3. The van der Waals surface area contributed by atoms with Crippen LogP contribution < -0.4 is 21.3 Å². The van der Waals surface area contributed by atoms with Crippen molar-refractivity contribution >= 4 is 52.7 Å². The number of carbonyl (C=O) groups is 5. The number of hydrogen-bond acceptors (Lipinski definition) is 5. The zero-order chi connectivity index (χ0) is 33.6. The number of piperidine rings is 1. The van der Waals surface area contributed by atoms with Crippen LogP contribution in [0.5, 0.6) is 0 Å². The lowest BCUT2D eigenvalue weighted by atomic mass is 9.53. The van der Waals surface area contributed by atoms with Crippen LogP contribution in [0.3, 0.4) is 0 Å². The van der Waals surface area contributed by atoms with Gasteiger partial charge in [0.05, 0.1) is 6.04 Å². The molecule has 5 saturated carbocycles. The van der Waals surface area contributed by atoms with Gasteiger partial charge in [0.25, 0.3) is 5.91 Å². The zero-order valence-electron chi connectivity index (χ0n) is 27.2. The van der Waals surface area contributed by atoms with Crippen LogP contribution in [0.1, 0.15) is 78.6 Å². The van der Waals surface area contributed by atoms with Gasteiger partial charge in [-0.3, -0.25) is 19.2 Å². The number of fused-ring (bicyclic) bond motifs is 1. The molecule has 0 spiro atoms. The van der Waals surface area contributed by atoms with Crippen LogP contribution in [0.4, 0.5) is 4.79 Å². The van der Waals surface area contributed by atoms with Crippen LogP contribution in [-0.2, 0) is 19.2 Å². The molecule has 46 heavy (non-hydrogen) atoms. The summed E-state index contributed by atoms with van der Waals surface area (Å²) < 4.78 is -1.21. The van der Waals surface area contributed by atoms with Crippen LogP contribution in [0.2, 0.25) is 0 Å². The van der Waals surface area contributed by atoms with Crippen molar-refractivity contribution in [2.45, 2.75) is 107 Å². The molecule has 1 saturated heterocycles. The minimum absolute atomic E-state index is 0.132. The van der Waals surface area contributed by atoms with E-state index in [0.29, 0.717) is 30.6 Å². The lowest BCUT2D eigenvalue weighted by Gasteiger charge is -2.56. The summed E-state index contributed by atoms with van der Waals surface area (Å²) in [6.07, 6.45) is 10.9. The molecule has 254 valence electrons. The van der Waals surface area contributed by atoms with Gasteiger partial charge in [0.2, 0.25) is 17.6 Å². The maximum Gasteiger partial charge on any atom is 0.315 e. The van der Waals surface area contributed by atoms with Crippen molar-refractivity contribution in [3.05, 3.63) is 25.3 Å². The molecule has 5 atom stereocenters. The molecule has 12 heteroatoms. The minimum atomic E-state index is -1.21. The summed E-state index contributed by atoms with van der Waals surface area (Å²) in [4.78, 5) is 68.9. The summed E-state index contributed by atoms with van der Waals surface area (Å²) >= 11 is 13.1. The number of amides is 5. The summed E-state index contributed by atoms with van der Waals surface area (Å²) in [5, 5.41) is 11.5. The van der Waals surface area contributed by atoms with Crippen molar-refractivity contribution in [3.8, 4) is 0 Å². The first-order valence-electron chi connectivity index (χ1n) is 16.7. The summed E-state index contributed by atoms with van der Waals surface area (Å²) in [7, 11) is 0. The Morgan fingerprint density at radius 2 is 1.52 bits per heavy atom. The average Bonchev–Trinajstić information content (AvgIpc) is 3.27. The maximum absolute atomic E-state index is 14.3. The first-order chi connectivity index (χ1) is 21.6. The number of allylic oxidation sites excluding steroid dienone is 1. The van der Waals surface area contributed by atoms with E-state index in [0.717, 1.165) is 19.3 Å². The number of rotatable bonds is 13. The van der Waals surface area contributed by atoms with E-state index in [9.17, 15) is 24.0 Å². The SMILES string of the molecule is C=CCCNC(=O)C(=O)C(CCC=C)NC(=O)[C@@H]1[C@@H]2[C@H](CN1C(=O)C(NC(=O)NC13CC4CC(CC(C4)C1)C3)C(C)(C)C)C2(Cl)Cl. The van der Waals surface area contributed by atoms with E-state index in [1.54, 1.807) is 12.2 Å². The van der Waals surface area contributed by atoms with Crippen molar-refractivity contribution in [2.75, 3.05) is 13.1 Å². The molecule has 5 aliphatic carbocycles. The number of alkyl halides is 2. The summed E-state index contributed by atoms with van der Waals surface area (Å²) in [5.41, 5.74) is -0.918. The summed E-state index contributed by atoms with van der Waals surface area (Å²) in [6.45, 7) is 13.3. The third-order valence-corrected chi connectivity index (χ3v) is 11.9. The number of likely N-dealkylation sites (tertiary alicyclic amines) is 1. The van der Waals surface area contributed by atoms with Gasteiger partial charge in [-0.15, -0.1) is 36.4 Å². The number of Topliss-reactive ketones (excluding diaryl/α,β-unsaturated/α-hetero) is 1. The summed E-state index contributed by atoms with van der Waals surface area (Å²) in [6, 6.07) is -3.52. The molecule has 0 aromatic carbocycles. The Bertz CT molecular complexity index is 1240. The second kappa shape index (κ2) is 13.1. The molecule has 4 N–H and O–H groups in total. The minimum Gasteiger partial charge on any atom is -0.349 e. The van der Waals surface area contributed by atoms with E-state index >= 15 is 0 Å². The van der Waals surface area contributed by atoms with Gasteiger partial charge in [0.15, 0.2) is 0 Å². The Labute approximate surface area is 282 Å². The monoisotopic (exact) mass is 677 g/mol. The molecule has 0 aromatic rings. The number of ketones is 1. The first kappa shape index (κ1) is 34.7. The quantitative estimate of drug-likeness (QED) is 0.101. The predicted octanol–water partition coefficient (Wildman–Crippen LogP) is 4.01. The Morgan fingerprint density at radius 3 is 2.07 bits per heavy atom. The Morgan fingerprint density at radius 1 is 0.935 bits per heavy atom. The Hall–Kier alpha value is -2.59. The number of halogens is 2. The van der Waals surface area contributed by atoms with E-state index in [4.69, 9.17) is 23.2 Å². The van der Waals surface area contributed by atoms with E-state index in [1.165, 1.54) is 24.2 Å². The standard InChI is InChI=1S/C34H49Cl2N5O5/c1-6-8-10-23(26(42)29(44)37-11-9-7-2)38-28(43)25-24-22(34(24,35)36)18-41(25)30(45)27(32(3,4)5)39-31(46)40-33-15-19-12-20(16-33)14-21(13-19)17-33/h6-7,19-25,27H,1-2,8-18H2,3-5H3,(H,37,44)(H,38,43)(H2,39,40,46)/t19?,20?,21?,22-,23?,24-,25-,27?,33?/m0/s1. The van der Waals surface area contributed by atoms with Crippen molar-refractivity contribution in [1.82, 2.24) is 26.2 Å². The number of carbonyl (C=O) groups excluding carboxylic acids is 5. The van der Waals surface area contributed by atoms with Gasteiger partial charge in [-0.05, 0) is 81.0 Å². The third kappa shape index (κ3) is 6.98. The third-order valence-electron chi connectivity index (χ3n) is 10.8. The van der Waals surface area contributed by atoms with Crippen LogP contribution >= 0.6 is 23.2 Å². The fourth-order valence-electron chi connectivity index (χ4n) is 8.96. The van der Waals surface area contributed by atoms with E-state index in [1.807, 2.05) is 20.8 Å². The lowest BCUT2D eigenvalue weighted by Crippen LogP contribution is -2.65. The van der Waals surface area contributed by atoms with E-state index in [-0.39, 0.29) is 37.0 Å². The zero-order valence-corrected chi connectivity index (χ0v) is 28.7. The summed E-state index contributed by atoms with van der Waals surface area (Å²) in [5.74, 6) is -1.60. The number of nitrogens with zero attached hydrogens (tertiary/aromatic N) is 1. The van der Waals surface area contributed by atoms with Gasteiger partial charge in [0, 0.05) is 30.5 Å². The molecule has 10 nitrogen and oxygen atoms in total. The number of urea groups is 1. The molecule has 0 aromatic heterocycles. The smallest absolute Gasteiger partial charge is 0.315 e. The highest BCUT2D eigenvalue weighted by atomic mass is 35.5. The number of nitrogens with one attached hydrogen (secondary N) is 4. The van der Waals surface area contributed by atoms with Crippen molar-refractivity contribution in [3.63, 3.8) is 0 Å². The number of hydrogen-bond donors (Lipinski definition) is 4. The molecule has 1 heterocycles. The molecule has 1 aliphatic heterocycles. The molecule has 6 fully saturated rings. The highest BCUT2D eigenvalue weighted by molar-refractivity contribution is 6.51. The van der Waals surface area contributed by atoms with E-state index in [2.05, 4.69) is 34.4 Å². The molecular formula is C34H49Cl2N5O5. The van der Waals surface area contributed by atoms with Gasteiger partial charge in [0.1, 0.15) is 16.4 Å². The van der Waals surface area contributed by atoms with Crippen molar-refractivity contribution in [1.29, 1.82) is 0 Å². The largest absolute Gasteiger partial charge is 0.349 e. The van der Waals surface area contributed by atoms with Gasteiger partial charge in [-0.2, -0.15) is 0 Å². The highest BCUT2D eigenvalue weighted by Gasteiger charge is 2.74. The normalized spacial score (nSPS) is 32.8. The van der Waals surface area contributed by atoms with Gasteiger partial charge in [-0.1, -0.05) is 32.9 Å². The van der Waals surface area contributed by atoms with Crippen LogP contribution in [0.25, 0.3) is 0 Å². The van der Waals surface area contributed by atoms with Crippen LogP contribution in [-0.4, -0.2) is 75.5 Å². The van der Waals surface area contributed by atoms with Crippen molar-refractivity contribution in [2.24, 2.45) is 35.0 Å². The molecule has 5 amide bonds. The average molecular weight is 679 g/mol. The fourth-order valence-corrected chi connectivity index (χ4v) is 9.79. The fraction of sp³-hybridized carbons (Fsp3) is 0.735. The molecular weight excluding hydrogens is 629 g/mol. The predicted molar refractivity (Wildman–Crippen MR) is 177 cm³/mol. The van der Waals surface area contributed by atoms with Gasteiger partial charge >= 0.3 is 6.03 Å².